The van der Waals surface area contributed by atoms with Gasteiger partial charge in [0.15, 0.2) is 0 Å². The van der Waals surface area contributed by atoms with E-state index in [0.29, 0.717) is 23.0 Å². The van der Waals surface area contributed by atoms with Crippen LogP contribution in [-0.2, 0) is 0 Å². The minimum absolute atomic E-state index is 0.183. The number of nitrogens with zero attached hydrogens (tertiary/aromatic N) is 1. The smallest absolute Gasteiger partial charge is 0.371 e. The largest absolute Gasteiger partial charge is 0.492 e. The van der Waals surface area contributed by atoms with Gasteiger partial charge < -0.3 is 14.3 Å². The molecule has 0 fully saturated rings. The SMILES string of the molecule is N#CC(CCOc1ccccc1Cl)c1ccc(C(=O)O)o1. The molecule has 0 aliphatic heterocycles. The predicted molar refractivity (Wildman–Crippen MR) is 75.6 cm³/mol. The number of carboxylic acids is 1. The van der Waals surface area contributed by atoms with Gasteiger partial charge in [-0.05, 0) is 24.3 Å². The molecule has 108 valence electrons. The van der Waals surface area contributed by atoms with Crippen LogP contribution >= 0.6 is 11.6 Å². The Kier molecular flexibility index (Phi) is 4.85. The molecule has 2 aromatic rings. The van der Waals surface area contributed by atoms with Gasteiger partial charge in [0.1, 0.15) is 17.4 Å². The van der Waals surface area contributed by atoms with E-state index in [-0.39, 0.29) is 12.4 Å². The first-order chi connectivity index (χ1) is 10.1. The quantitative estimate of drug-likeness (QED) is 0.879. The van der Waals surface area contributed by atoms with Crippen LogP contribution in [0.4, 0.5) is 0 Å². The van der Waals surface area contributed by atoms with Crippen LogP contribution in [0.1, 0.15) is 28.7 Å². The second-order valence-electron chi connectivity index (χ2n) is 4.26. The Morgan fingerprint density at radius 2 is 2.14 bits per heavy atom. The number of carbonyl (C=O) groups is 1. The second kappa shape index (κ2) is 6.82. The highest BCUT2D eigenvalue weighted by molar-refractivity contribution is 6.32. The number of hydrogen-bond acceptors (Lipinski definition) is 4. The minimum Gasteiger partial charge on any atom is -0.492 e. The summed E-state index contributed by atoms with van der Waals surface area (Å²) in [7, 11) is 0. The van der Waals surface area contributed by atoms with Gasteiger partial charge in [0, 0.05) is 6.42 Å². The Morgan fingerprint density at radius 1 is 1.38 bits per heavy atom. The summed E-state index contributed by atoms with van der Waals surface area (Å²) in [6, 6.07) is 11.9. The lowest BCUT2D eigenvalue weighted by molar-refractivity contribution is 0.0660. The number of benzene rings is 1. The van der Waals surface area contributed by atoms with Gasteiger partial charge in [-0.15, -0.1) is 0 Å². The minimum atomic E-state index is -1.16. The maximum Gasteiger partial charge on any atom is 0.371 e. The van der Waals surface area contributed by atoms with Gasteiger partial charge in [-0.2, -0.15) is 5.26 Å². The van der Waals surface area contributed by atoms with Crippen LogP contribution in [0, 0.1) is 11.3 Å². The molecule has 0 amide bonds. The Hall–Kier alpha value is -2.45. The number of furan rings is 1. The van der Waals surface area contributed by atoms with Gasteiger partial charge in [-0.1, -0.05) is 23.7 Å². The summed E-state index contributed by atoms with van der Waals surface area (Å²) in [5.41, 5.74) is 0. The molecule has 0 saturated carbocycles. The first kappa shape index (κ1) is 14.9. The molecular formula is C15H12ClNO4. The molecule has 6 heteroatoms. The molecule has 5 nitrogen and oxygen atoms in total. The highest BCUT2D eigenvalue weighted by Gasteiger charge is 2.18. The van der Waals surface area contributed by atoms with E-state index in [1.54, 1.807) is 24.3 Å². The molecule has 2 rings (SSSR count). The molecular weight excluding hydrogens is 294 g/mol. The molecule has 0 aliphatic rings. The van der Waals surface area contributed by atoms with E-state index < -0.39 is 11.9 Å². The maximum absolute atomic E-state index is 10.7. The summed E-state index contributed by atoms with van der Waals surface area (Å²) in [6.07, 6.45) is 0.369. The van der Waals surface area contributed by atoms with E-state index in [1.807, 2.05) is 0 Å². The third kappa shape index (κ3) is 3.77. The molecule has 1 unspecified atom stereocenters. The zero-order chi connectivity index (χ0) is 15.2. The number of halogens is 1. The molecule has 1 aromatic carbocycles. The third-order valence-electron chi connectivity index (χ3n) is 2.84. The highest BCUT2D eigenvalue weighted by atomic mass is 35.5. The molecule has 1 N–H and O–H groups in total. The van der Waals surface area contributed by atoms with Crippen molar-refractivity contribution in [2.24, 2.45) is 0 Å². The molecule has 1 aromatic heterocycles. The summed E-state index contributed by atoms with van der Waals surface area (Å²) >= 11 is 5.95. The molecule has 0 saturated heterocycles. The van der Waals surface area contributed by atoms with Crippen LogP contribution in [0.5, 0.6) is 5.75 Å². The lowest BCUT2D eigenvalue weighted by Gasteiger charge is -2.09. The van der Waals surface area contributed by atoms with Crippen LogP contribution in [0.3, 0.4) is 0 Å². The van der Waals surface area contributed by atoms with Gasteiger partial charge >= 0.3 is 5.97 Å². The van der Waals surface area contributed by atoms with Crippen molar-refractivity contribution in [1.82, 2.24) is 0 Å². The maximum atomic E-state index is 10.7. The zero-order valence-corrected chi connectivity index (χ0v) is 11.7. The first-order valence-electron chi connectivity index (χ1n) is 6.21. The summed E-state index contributed by atoms with van der Waals surface area (Å²) in [6.45, 7) is 0.269. The molecule has 0 radical (unpaired) electrons. The molecule has 1 atom stereocenters. The predicted octanol–water partition coefficient (Wildman–Crippen LogP) is 3.71. The van der Waals surface area contributed by atoms with E-state index in [1.165, 1.54) is 12.1 Å². The number of aromatic carboxylic acids is 1. The van der Waals surface area contributed by atoms with E-state index in [2.05, 4.69) is 6.07 Å². The van der Waals surface area contributed by atoms with Crippen molar-refractivity contribution < 1.29 is 19.1 Å². The Labute approximate surface area is 126 Å². The number of ether oxygens (including phenoxy) is 1. The van der Waals surface area contributed by atoms with Crippen molar-refractivity contribution in [1.29, 1.82) is 5.26 Å². The second-order valence-corrected chi connectivity index (χ2v) is 4.66. The van der Waals surface area contributed by atoms with E-state index in [0.717, 1.165) is 0 Å². The average Bonchev–Trinajstić information content (AvgIpc) is 2.95. The normalized spacial score (nSPS) is 11.6. The standard InChI is InChI=1S/C15H12ClNO4/c16-11-3-1-2-4-13(11)20-8-7-10(9-17)12-5-6-14(21-12)15(18)19/h1-6,10H,7-8H2,(H,18,19). The van der Waals surface area contributed by atoms with Crippen molar-refractivity contribution in [3.8, 4) is 11.8 Å². The van der Waals surface area contributed by atoms with E-state index in [9.17, 15) is 4.79 Å². The number of para-hydroxylation sites is 1. The summed E-state index contributed by atoms with van der Waals surface area (Å²) in [5.74, 6) is -1.05. The van der Waals surface area contributed by atoms with Crippen molar-refractivity contribution in [3.63, 3.8) is 0 Å². The molecule has 0 aliphatic carbocycles. The summed E-state index contributed by atoms with van der Waals surface area (Å²) in [4.78, 5) is 10.7. The first-order valence-corrected chi connectivity index (χ1v) is 6.59. The fourth-order valence-corrected chi connectivity index (χ4v) is 1.96. The number of rotatable bonds is 6. The van der Waals surface area contributed by atoms with Gasteiger partial charge in [0.05, 0.1) is 17.7 Å². The highest BCUT2D eigenvalue weighted by Crippen LogP contribution is 2.25. The molecule has 0 spiro atoms. The average molecular weight is 306 g/mol. The fraction of sp³-hybridized carbons (Fsp3) is 0.200. The number of nitriles is 1. The number of hydrogen-bond donors (Lipinski definition) is 1. The van der Waals surface area contributed by atoms with Gasteiger partial charge in [-0.3, -0.25) is 0 Å². The van der Waals surface area contributed by atoms with Gasteiger partial charge in [0.25, 0.3) is 0 Å². The summed E-state index contributed by atoms with van der Waals surface area (Å²) in [5, 5.41) is 18.4. The van der Waals surface area contributed by atoms with Gasteiger partial charge in [0.2, 0.25) is 5.76 Å². The fourth-order valence-electron chi connectivity index (χ4n) is 1.77. The van der Waals surface area contributed by atoms with Crippen molar-refractivity contribution in [3.05, 3.63) is 52.9 Å². The van der Waals surface area contributed by atoms with Crippen molar-refractivity contribution in [2.45, 2.75) is 12.3 Å². The van der Waals surface area contributed by atoms with E-state index >= 15 is 0 Å². The Bertz CT molecular complexity index is 674. The molecule has 0 bridgehead atoms. The van der Waals surface area contributed by atoms with Crippen LogP contribution in [0.25, 0.3) is 0 Å². The van der Waals surface area contributed by atoms with Crippen molar-refractivity contribution in [2.75, 3.05) is 6.61 Å². The van der Waals surface area contributed by atoms with Crippen LogP contribution < -0.4 is 4.74 Å². The van der Waals surface area contributed by atoms with Crippen LogP contribution in [0.2, 0.25) is 5.02 Å². The third-order valence-corrected chi connectivity index (χ3v) is 3.15. The van der Waals surface area contributed by atoms with Crippen LogP contribution in [0.15, 0.2) is 40.8 Å². The monoisotopic (exact) mass is 305 g/mol. The van der Waals surface area contributed by atoms with Crippen molar-refractivity contribution >= 4 is 17.6 Å². The summed E-state index contributed by atoms with van der Waals surface area (Å²) < 4.78 is 10.6. The lowest BCUT2D eigenvalue weighted by atomic mass is 10.1. The topological polar surface area (TPSA) is 83.5 Å². The lowest BCUT2D eigenvalue weighted by Crippen LogP contribution is -2.04. The van der Waals surface area contributed by atoms with Gasteiger partial charge in [-0.25, -0.2) is 4.79 Å². The van der Waals surface area contributed by atoms with E-state index in [4.69, 9.17) is 31.1 Å². The molecule has 1 heterocycles. The zero-order valence-electron chi connectivity index (χ0n) is 11.0. The number of carboxylic acid groups (broad SMARTS) is 1. The van der Waals surface area contributed by atoms with Crippen LogP contribution in [-0.4, -0.2) is 17.7 Å². The molecule has 21 heavy (non-hydrogen) atoms. The Balaban J connectivity index is 1.95. The Morgan fingerprint density at radius 3 is 2.76 bits per heavy atom.